The summed E-state index contributed by atoms with van der Waals surface area (Å²) in [5, 5.41) is 2.92. The van der Waals surface area contributed by atoms with Crippen LogP contribution in [-0.4, -0.2) is 44.0 Å². The number of hydrogen-bond donors (Lipinski definition) is 1. The van der Waals surface area contributed by atoms with E-state index in [1.165, 1.54) is 4.90 Å². The lowest BCUT2D eigenvalue weighted by atomic mass is 10.1. The summed E-state index contributed by atoms with van der Waals surface area (Å²) in [7, 11) is 3.15. The molecule has 0 unspecified atom stereocenters. The second-order valence-corrected chi connectivity index (χ2v) is 6.78. The second kappa shape index (κ2) is 9.26. The Morgan fingerprint density at radius 2 is 1.68 bits per heavy atom. The SMILES string of the molecule is CCOc1cc(C(=O)N(C)CC(=O)Nc2c(C)cc(C)cc2C)ccc1OC. The summed E-state index contributed by atoms with van der Waals surface area (Å²) in [6.45, 7) is 8.19. The molecule has 28 heavy (non-hydrogen) atoms. The van der Waals surface area contributed by atoms with E-state index in [2.05, 4.69) is 5.32 Å². The molecule has 150 valence electrons. The van der Waals surface area contributed by atoms with Crippen molar-refractivity contribution in [1.82, 2.24) is 4.90 Å². The average Bonchev–Trinajstić information content (AvgIpc) is 2.64. The summed E-state index contributed by atoms with van der Waals surface area (Å²) in [5.41, 5.74) is 4.36. The number of aryl methyl sites for hydroxylation is 3. The van der Waals surface area contributed by atoms with Gasteiger partial charge in [0, 0.05) is 18.3 Å². The summed E-state index contributed by atoms with van der Waals surface area (Å²) in [6, 6.07) is 9.01. The van der Waals surface area contributed by atoms with Crippen LogP contribution in [0, 0.1) is 20.8 Å². The maximum Gasteiger partial charge on any atom is 0.254 e. The Hall–Kier alpha value is -3.02. The molecule has 6 heteroatoms. The zero-order chi connectivity index (χ0) is 20.8. The topological polar surface area (TPSA) is 67.9 Å². The predicted molar refractivity (Wildman–Crippen MR) is 110 cm³/mol. The number of methoxy groups -OCH3 is 1. The predicted octanol–water partition coefficient (Wildman–Crippen LogP) is 3.73. The highest BCUT2D eigenvalue weighted by Crippen LogP contribution is 2.28. The van der Waals surface area contributed by atoms with Gasteiger partial charge in [-0.2, -0.15) is 0 Å². The summed E-state index contributed by atoms with van der Waals surface area (Å²) in [6.07, 6.45) is 0. The van der Waals surface area contributed by atoms with Crippen LogP contribution in [0.3, 0.4) is 0 Å². The van der Waals surface area contributed by atoms with Crippen LogP contribution in [0.15, 0.2) is 30.3 Å². The number of likely N-dealkylation sites (N-methyl/N-ethyl adjacent to an activating group) is 1. The number of carbonyl (C=O) groups excluding carboxylic acids is 2. The first-order chi connectivity index (χ1) is 13.3. The number of nitrogens with one attached hydrogen (secondary N) is 1. The quantitative estimate of drug-likeness (QED) is 0.790. The van der Waals surface area contributed by atoms with Gasteiger partial charge < -0.3 is 19.7 Å². The van der Waals surface area contributed by atoms with Gasteiger partial charge in [0.2, 0.25) is 5.91 Å². The van der Waals surface area contributed by atoms with Crippen LogP contribution in [0.2, 0.25) is 0 Å². The monoisotopic (exact) mass is 384 g/mol. The molecule has 0 aromatic heterocycles. The third kappa shape index (κ3) is 5.03. The number of anilines is 1. The van der Waals surface area contributed by atoms with E-state index in [-0.39, 0.29) is 18.4 Å². The molecule has 0 radical (unpaired) electrons. The molecule has 0 fully saturated rings. The Balaban J connectivity index is 2.10. The lowest BCUT2D eigenvalue weighted by Crippen LogP contribution is -2.35. The first-order valence-electron chi connectivity index (χ1n) is 9.20. The molecule has 2 aromatic carbocycles. The van der Waals surface area contributed by atoms with E-state index in [4.69, 9.17) is 9.47 Å². The van der Waals surface area contributed by atoms with Crippen molar-refractivity contribution in [2.24, 2.45) is 0 Å². The van der Waals surface area contributed by atoms with E-state index in [9.17, 15) is 9.59 Å². The Morgan fingerprint density at radius 3 is 2.25 bits per heavy atom. The van der Waals surface area contributed by atoms with Gasteiger partial charge in [-0.25, -0.2) is 0 Å². The normalized spacial score (nSPS) is 10.4. The Morgan fingerprint density at radius 1 is 1.04 bits per heavy atom. The molecular weight excluding hydrogens is 356 g/mol. The van der Waals surface area contributed by atoms with Crippen LogP contribution in [0.25, 0.3) is 0 Å². The summed E-state index contributed by atoms with van der Waals surface area (Å²) in [4.78, 5) is 26.6. The van der Waals surface area contributed by atoms with Crippen molar-refractivity contribution in [3.05, 3.63) is 52.6 Å². The van der Waals surface area contributed by atoms with E-state index in [1.54, 1.807) is 32.4 Å². The van der Waals surface area contributed by atoms with Crippen LogP contribution < -0.4 is 14.8 Å². The van der Waals surface area contributed by atoms with Crippen molar-refractivity contribution >= 4 is 17.5 Å². The minimum atomic E-state index is -0.267. The highest BCUT2D eigenvalue weighted by molar-refractivity contribution is 6.00. The van der Waals surface area contributed by atoms with Gasteiger partial charge in [-0.1, -0.05) is 17.7 Å². The fourth-order valence-corrected chi connectivity index (χ4v) is 3.14. The summed E-state index contributed by atoms with van der Waals surface area (Å²) >= 11 is 0. The fraction of sp³-hybridized carbons (Fsp3) is 0.364. The summed E-state index contributed by atoms with van der Waals surface area (Å²) in [5.74, 6) is 0.546. The number of ether oxygens (including phenoxy) is 2. The number of rotatable bonds is 7. The van der Waals surface area contributed by atoms with Crippen molar-refractivity contribution in [1.29, 1.82) is 0 Å². The molecule has 0 aliphatic carbocycles. The van der Waals surface area contributed by atoms with Gasteiger partial charge in [0.05, 0.1) is 20.3 Å². The number of carbonyl (C=O) groups is 2. The molecule has 1 N–H and O–H groups in total. The zero-order valence-electron chi connectivity index (χ0n) is 17.4. The van der Waals surface area contributed by atoms with Crippen LogP contribution in [-0.2, 0) is 4.79 Å². The third-order valence-electron chi connectivity index (χ3n) is 4.38. The molecule has 0 heterocycles. The van der Waals surface area contributed by atoms with Crippen molar-refractivity contribution < 1.29 is 19.1 Å². The minimum absolute atomic E-state index is 0.0540. The van der Waals surface area contributed by atoms with Crippen molar-refractivity contribution in [2.75, 3.05) is 32.6 Å². The molecule has 0 saturated heterocycles. The molecule has 0 aliphatic heterocycles. The van der Waals surface area contributed by atoms with Gasteiger partial charge in [-0.05, 0) is 57.0 Å². The maximum atomic E-state index is 12.7. The fourth-order valence-electron chi connectivity index (χ4n) is 3.14. The van der Waals surface area contributed by atoms with Gasteiger partial charge >= 0.3 is 0 Å². The van der Waals surface area contributed by atoms with E-state index >= 15 is 0 Å². The number of amides is 2. The van der Waals surface area contributed by atoms with Gasteiger partial charge in [0.15, 0.2) is 11.5 Å². The molecule has 0 atom stereocenters. The molecule has 0 bridgehead atoms. The van der Waals surface area contributed by atoms with Gasteiger partial charge in [-0.15, -0.1) is 0 Å². The lowest BCUT2D eigenvalue weighted by Gasteiger charge is -2.19. The van der Waals surface area contributed by atoms with Gasteiger partial charge in [0.1, 0.15) is 0 Å². The third-order valence-corrected chi connectivity index (χ3v) is 4.38. The van der Waals surface area contributed by atoms with E-state index in [0.29, 0.717) is 23.7 Å². The highest BCUT2D eigenvalue weighted by atomic mass is 16.5. The standard InChI is InChI=1S/C22H28N2O4/c1-7-28-19-12-17(8-9-18(19)27-6)22(26)24(5)13-20(25)23-21-15(3)10-14(2)11-16(21)4/h8-12H,7,13H2,1-6H3,(H,23,25). The number of hydrogen-bond acceptors (Lipinski definition) is 4. The first kappa shape index (κ1) is 21.3. The molecule has 0 saturated carbocycles. The molecule has 2 aromatic rings. The van der Waals surface area contributed by atoms with E-state index in [0.717, 1.165) is 22.4 Å². The largest absolute Gasteiger partial charge is 0.493 e. The molecule has 2 rings (SSSR count). The van der Waals surface area contributed by atoms with Crippen molar-refractivity contribution in [3.8, 4) is 11.5 Å². The first-order valence-corrected chi connectivity index (χ1v) is 9.20. The molecule has 0 spiro atoms. The number of benzene rings is 2. The Labute approximate surface area is 166 Å². The van der Waals surface area contributed by atoms with Crippen LogP contribution in [0.4, 0.5) is 5.69 Å². The smallest absolute Gasteiger partial charge is 0.254 e. The Bertz CT molecular complexity index is 854. The van der Waals surface area contributed by atoms with Crippen LogP contribution >= 0.6 is 0 Å². The maximum absolute atomic E-state index is 12.7. The van der Waals surface area contributed by atoms with E-state index < -0.39 is 0 Å². The molecule has 6 nitrogen and oxygen atoms in total. The molecule has 0 aliphatic rings. The molecule has 2 amide bonds. The number of nitrogens with zero attached hydrogens (tertiary/aromatic N) is 1. The van der Waals surface area contributed by atoms with Crippen molar-refractivity contribution in [3.63, 3.8) is 0 Å². The van der Waals surface area contributed by atoms with Gasteiger partial charge in [0.25, 0.3) is 5.91 Å². The van der Waals surface area contributed by atoms with Crippen molar-refractivity contribution in [2.45, 2.75) is 27.7 Å². The minimum Gasteiger partial charge on any atom is -0.493 e. The van der Waals surface area contributed by atoms with E-state index in [1.807, 2.05) is 39.8 Å². The lowest BCUT2D eigenvalue weighted by molar-refractivity contribution is -0.116. The van der Waals surface area contributed by atoms with Gasteiger partial charge in [-0.3, -0.25) is 9.59 Å². The summed E-state index contributed by atoms with van der Waals surface area (Å²) < 4.78 is 10.8. The van der Waals surface area contributed by atoms with Crippen LogP contribution in [0.5, 0.6) is 11.5 Å². The average molecular weight is 384 g/mol. The second-order valence-electron chi connectivity index (χ2n) is 6.78. The Kier molecular flexibility index (Phi) is 7.04. The zero-order valence-corrected chi connectivity index (χ0v) is 17.4. The molecular formula is C22H28N2O4. The highest BCUT2D eigenvalue weighted by Gasteiger charge is 2.18. The van der Waals surface area contributed by atoms with Crippen LogP contribution in [0.1, 0.15) is 34.0 Å².